The molecule has 0 bridgehead atoms. The number of ether oxygens (including phenoxy) is 2. The normalized spacial score (nSPS) is 11.7. The number of rotatable bonds is 6. The van der Waals surface area contributed by atoms with Crippen LogP contribution in [0.1, 0.15) is 36.0 Å². The molecule has 5 heteroatoms. The van der Waals surface area contributed by atoms with Gasteiger partial charge in [0.05, 0.1) is 12.2 Å². The zero-order valence-corrected chi connectivity index (χ0v) is 17.9. The van der Waals surface area contributed by atoms with Crippen molar-refractivity contribution in [1.29, 1.82) is 0 Å². The second-order valence-corrected chi connectivity index (χ2v) is 7.38. The summed E-state index contributed by atoms with van der Waals surface area (Å²) in [5, 5.41) is 2.70. The Kier molecular flexibility index (Phi) is 6.72. The number of hydrogen-bond donors (Lipinski definition) is 1. The highest BCUT2D eigenvalue weighted by Crippen LogP contribution is 2.44. The van der Waals surface area contributed by atoms with Crippen LogP contribution < -0.4 is 10.1 Å². The molecule has 32 heavy (non-hydrogen) atoms. The van der Waals surface area contributed by atoms with Crippen LogP contribution in [0.25, 0.3) is 11.1 Å². The molecule has 0 heterocycles. The third-order valence-corrected chi connectivity index (χ3v) is 5.34. The van der Waals surface area contributed by atoms with E-state index in [-0.39, 0.29) is 12.5 Å². The predicted octanol–water partition coefficient (Wildman–Crippen LogP) is 5.50. The number of halogens is 1. The maximum atomic E-state index is 14.0. The lowest BCUT2D eigenvalue weighted by Gasteiger charge is -2.14. The van der Waals surface area contributed by atoms with Crippen molar-refractivity contribution in [3.8, 4) is 28.7 Å². The lowest BCUT2D eigenvalue weighted by atomic mass is 9.98. The van der Waals surface area contributed by atoms with Crippen LogP contribution in [0.4, 0.5) is 9.18 Å². The van der Waals surface area contributed by atoms with E-state index < -0.39 is 11.9 Å². The van der Waals surface area contributed by atoms with Crippen LogP contribution in [0.3, 0.4) is 0 Å². The molecular formula is C27H24FNO3. The summed E-state index contributed by atoms with van der Waals surface area (Å²) in [7, 11) is 0. The van der Waals surface area contributed by atoms with Crippen molar-refractivity contribution in [2.45, 2.75) is 19.3 Å². The molecule has 0 aromatic heterocycles. The summed E-state index contributed by atoms with van der Waals surface area (Å²) >= 11 is 0. The molecule has 162 valence electrons. The molecular weight excluding hydrogens is 405 g/mol. The van der Waals surface area contributed by atoms with Crippen LogP contribution in [0, 0.1) is 17.7 Å². The van der Waals surface area contributed by atoms with Crippen molar-refractivity contribution >= 4 is 6.09 Å². The Balaban J connectivity index is 1.27. The van der Waals surface area contributed by atoms with E-state index in [0.717, 1.165) is 0 Å². The van der Waals surface area contributed by atoms with Gasteiger partial charge in [0, 0.05) is 24.9 Å². The summed E-state index contributed by atoms with van der Waals surface area (Å²) in [5.41, 5.74) is 5.02. The van der Waals surface area contributed by atoms with Gasteiger partial charge in [-0.15, -0.1) is 0 Å². The minimum absolute atomic E-state index is 0.0237. The average Bonchev–Trinajstić information content (AvgIpc) is 3.13. The number of fused-ring (bicyclic) bond motifs is 3. The first-order chi connectivity index (χ1) is 15.7. The quantitative estimate of drug-likeness (QED) is 0.416. The van der Waals surface area contributed by atoms with Crippen molar-refractivity contribution < 1.29 is 18.7 Å². The molecule has 0 fully saturated rings. The maximum Gasteiger partial charge on any atom is 0.407 e. The van der Waals surface area contributed by atoms with Crippen LogP contribution in [0.15, 0.2) is 66.7 Å². The molecule has 0 atom stereocenters. The second kappa shape index (κ2) is 10.0. The number of alkyl carbamates (subject to hydrolysis) is 1. The number of hydrogen-bond acceptors (Lipinski definition) is 3. The molecule has 3 aromatic rings. The van der Waals surface area contributed by atoms with Crippen molar-refractivity contribution in [2.24, 2.45) is 0 Å². The van der Waals surface area contributed by atoms with Gasteiger partial charge < -0.3 is 14.8 Å². The zero-order valence-electron chi connectivity index (χ0n) is 17.9. The van der Waals surface area contributed by atoms with E-state index in [2.05, 4.69) is 41.4 Å². The Morgan fingerprint density at radius 2 is 1.72 bits per heavy atom. The topological polar surface area (TPSA) is 47.6 Å². The lowest BCUT2D eigenvalue weighted by Crippen LogP contribution is -2.26. The van der Waals surface area contributed by atoms with Crippen LogP contribution >= 0.6 is 0 Å². The monoisotopic (exact) mass is 429 g/mol. The molecule has 1 N–H and O–H groups in total. The van der Waals surface area contributed by atoms with E-state index in [1.54, 1.807) is 12.1 Å². The Bertz CT molecular complexity index is 1130. The van der Waals surface area contributed by atoms with Crippen molar-refractivity contribution in [3.05, 3.63) is 89.2 Å². The van der Waals surface area contributed by atoms with Gasteiger partial charge >= 0.3 is 6.09 Å². The number of benzene rings is 3. The number of carbonyl (C=O) groups is 1. The highest BCUT2D eigenvalue weighted by Gasteiger charge is 2.28. The summed E-state index contributed by atoms with van der Waals surface area (Å²) < 4.78 is 24.7. The first-order valence-corrected chi connectivity index (χ1v) is 10.7. The summed E-state index contributed by atoms with van der Waals surface area (Å²) in [6.07, 6.45) is -0.0995. The van der Waals surface area contributed by atoms with Crippen LogP contribution in [0.2, 0.25) is 0 Å². The van der Waals surface area contributed by atoms with E-state index in [0.29, 0.717) is 30.9 Å². The van der Waals surface area contributed by atoms with E-state index in [1.165, 1.54) is 28.3 Å². The fraction of sp³-hybridized carbons (Fsp3) is 0.222. The van der Waals surface area contributed by atoms with E-state index in [1.807, 2.05) is 31.2 Å². The number of amides is 1. The number of nitrogens with one attached hydrogen (secondary N) is 1. The SMILES string of the molecule is CCOc1ccc(C#CCCNC(=O)OCC2c3ccccc3-c3ccccc32)c(F)c1. The third kappa shape index (κ3) is 4.76. The minimum atomic E-state index is -0.485. The van der Waals surface area contributed by atoms with Gasteiger partial charge in [0.2, 0.25) is 0 Å². The summed E-state index contributed by atoms with van der Waals surface area (Å²) in [5.74, 6) is 5.73. The predicted molar refractivity (Wildman–Crippen MR) is 122 cm³/mol. The summed E-state index contributed by atoms with van der Waals surface area (Å²) in [4.78, 5) is 12.2. The minimum Gasteiger partial charge on any atom is -0.494 e. The maximum absolute atomic E-state index is 14.0. The molecule has 0 radical (unpaired) electrons. The first-order valence-electron chi connectivity index (χ1n) is 10.7. The van der Waals surface area contributed by atoms with Crippen LogP contribution in [0.5, 0.6) is 5.75 Å². The lowest BCUT2D eigenvalue weighted by molar-refractivity contribution is 0.143. The third-order valence-electron chi connectivity index (χ3n) is 5.34. The van der Waals surface area contributed by atoms with Gasteiger partial charge in [-0.05, 0) is 41.3 Å². The first kappa shape index (κ1) is 21.5. The average molecular weight is 429 g/mol. The summed E-state index contributed by atoms with van der Waals surface area (Å²) in [6.45, 7) is 2.91. The Morgan fingerprint density at radius 1 is 1.03 bits per heavy atom. The molecule has 0 unspecified atom stereocenters. The molecule has 1 amide bonds. The van der Waals surface area contributed by atoms with Gasteiger partial charge in [-0.25, -0.2) is 9.18 Å². The molecule has 0 saturated carbocycles. The fourth-order valence-electron chi connectivity index (χ4n) is 3.89. The largest absolute Gasteiger partial charge is 0.494 e. The fourth-order valence-corrected chi connectivity index (χ4v) is 3.89. The van der Waals surface area contributed by atoms with Gasteiger partial charge in [0.25, 0.3) is 0 Å². The van der Waals surface area contributed by atoms with Crippen LogP contribution in [-0.4, -0.2) is 25.9 Å². The van der Waals surface area contributed by atoms with Gasteiger partial charge in [0.1, 0.15) is 18.2 Å². The molecule has 3 aromatic carbocycles. The highest BCUT2D eigenvalue weighted by molar-refractivity contribution is 5.79. The molecule has 0 aliphatic heterocycles. The Morgan fingerprint density at radius 3 is 2.38 bits per heavy atom. The van der Waals surface area contributed by atoms with Gasteiger partial charge in [-0.1, -0.05) is 60.4 Å². The molecule has 4 nitrogen and oxygen atoms in total. The molecule has 0 saturated heterocycles. The van der Waals surface area contributed by atoms with Gasteiger partial charge in [-0.2, -0.15) is 0 Å². The second-order valence-electron chi connectivity index (χ2n) is 7.38. The number of carbonyl (C=O) groups excluding carboxylic acids is 1. The van der Waals surface area contributed by atoms with Crippen molar-refractivity contribution in [3.63, 3.8) is 0 Å². The van der Waals surface area contributed by atoms with Crippen molar-refractivity contribution in [1.82, 2.24) is 5.32 Å². The highest BCUT2D eigenvalue weighted by atomic mass is 19.1. The smallest absolute Gasteiger partial charge is 0.407 e. The standard InChI is InChI=1S/C27H24FNO3/c1-2-31-20-15-14-19(26(28)17-20)9-7-8-16-29-27(30)32-18-25-23-12-5-3-10-21(23)22-11-4-6-13-24(22)25/h3-6,10-15,17,25H,2,8,16,18H2,1H3,(H,29,30). The molecule has 4 rings (SSSR count). The molecule has 0 spiro atoms. The van der Waals surface area contributed by atoms with Crippen LogP contribution in [-0.2, 0) is 4.74 Å². The Labute approximate surface area is 187 Å². The van der Waals surface area contributed by atoms with E-state index >= 15 is 0 Å². The van der Waals surface area contributed by atoms with E-state index in [9.17, 15) is 9.18 Å². The summed E-state index contributed by atoms with van der Waals surface area (Å²) in [6, 6.07) is 21.0. The van der Waals surface area contributed by atoms with Gasteiger partial charge in [-0.3, -0.25) is 0 Å². The Hall–Kier alpha value is -3.78. The van der Waals surface area contributed by atoms with Crippen molar-refractivity contribution in [2.75, 3.05) is 19.8 Å². The molecule has 1 aliphatic rings. The molecule has 1 aliphatic carbocycles. The zero-order chi connectivity index (χ0) is 22.3. The van der Waals surface area contributed by atoms with E-state index in [4.69, 9.17) is 9.47 Å². The van der Waals surface area contributed by atoms with Gasteiger partial charge in [0.15, 0.2) is 0 Å².